The molecule has 0 fully saturated rings. The highest BCUT2D eigenvalue weighted by atomic mass is 16.5. The van der Waals surface area contributed by atoms with Gasteiger partial charge in [0.1, 0.15) is 24.7 Å². The summed E-state index contributed by atoms with van der Waals surface area (Å²) in [6.45, 7) is 2.25. The summed E-state index contributed by atoms with van der Waals surface area (Å²) in [5, 5.41) is 0. The Kier molecular flexibility index (Phi) is 4.45. The van der Waals surface area contributed by atoms with Crippen molar-refractivity contribution in [2.24, 2.45) is 0 Å². The molecule has 1 heterocycles. The van der Waals surface area contributed by atoms with Crippen LogP contribution < -0.4 is 5.43 Å². The van der Waals surface area contributed by atoms with Crippen LogP contribution in [0.15, 0.2) is 21.3 Å². The van der Waals surface area contributed by atoms with Gasteiger partial charge < -0.3 is 13.9 Å². The first-order valence-corrected chi connectivity index (χ1v) is 4.87. The number of esters is 2. The Hall–Kier alpha value is -2.11. The molecule has 0 unspecified atom stereocenters. The maximum absolute atomic E-state index is 11.3. The Morgan fingerprint density at radius 1 is 1.06 bits per heavy atom. The van der Waals surface area contributed by atoms with Crippen LogP contribution in [-0.2, 0) is 32.3 Å². The third kappa shape index (κ3) is 4.96. The van der Waals surface area contributed by atoms with E-state index in [1.54, 1.807) is 0 Å². The van der Waals surface area contributed by atoms with Gasteiger partial charge >= 0.3 is 11.9 Å². The molecule has 0 N–H and O–H groups in total. The number of carbonyl (C=O) groups excluding carboxylic acids is 2. The predicted octanol–water partition coefficient (Wildman–Crippen LogP) is 0.766. The van der Waals surface area contributed by atoms with Crippen LogP contribution >= 0.6 is 0 Å². The van der Waals surface area contributed by atoms with Crippen molar-refractivity contribution in [1.82, 2.24) is 0 Å². The Morgan fingerprint density at radius 3 is 1.82 bits per heavy atom. The van der Waals surface area contributed by atoms with E-state index in [0.717, 1.165) is 0 Å². The second kappa shape index (κ2) is 5.83. The van der Waals surface area contributed by atoms with Gasteiger partial charge in [-0.05, 0) is 0 Å². The van der Waals surface area contributed by atoms with Crippen LogP contribution in [0.2, 0.25) is 0 Å². The van der Waals surface area contributed by atoms with Gasteiger partial charge in [-0.15, -0.1) is 0 Å². The van der Waals surface area contributed by atoms with Crippen LogP contribution in [0, 0.1) is 0 Å². The molecule has 1 rings (SSSR count). The molecule has 0 saturated heterocycles. The highest BCUT2D eigenvalue weighted by Gasteiger charge is 2.05. The zero-order valence-corrected chi connectivity index (χ0v) is 9.52. The molecule has 1 aromatic rings. The summed E-state index contributed by atoms with van der Waals surface area (Å²) in [5.74, 6) is -0.541. The molecule has 6 nitrogen and oxygen atoms in total. The molecule has 17 heavy (non-hydrogen) atoms. The van der Waals surface area contributed by atoms with E-state index in [1.165, 1.54) is 26.0 Å². The second-order valence-corrected chi connectivity index (χ2v) is 3.29. The highest BCUT2D eigenvalue weighted by molar-refractivity contribution is 5.66. The fraction of sp³-hybridized carbons (Fsp3) is 0.364. The van der Waals surface area contributed by atoms with E-state index in [2.05, 4.69) is 9.47 Å². The van der Waals surface area contributed by atoms with E-state index in [4.69, 9.17) is 4.42 Å². The first-order chi connectivity index (χ1) is 7.97. The van der Waals surface area contributed by atoms with Crippen molar-refractivity contribution in [3.8, 4) is 0 Å². The van der Waals surface area contributed by atoms with Crippen molar-refractivity contribution in [3.05, 3.63) is 33.9 Å². The van der Waals surface area contributed by atoms with Gasteiger partial charge in [0.05, 0.1) is 0 Å². The van der Waals surface area contributed by atoms with E-state index >= 15 is 0 Å². The number of carbonyl (C=O) groups is 2. The van der Waals surface area contributed by atoms with Crippen LogP contribution in [0.1, 0.15) is 25.4 Å². The molecule has 0 atom stereocenters. The minimum absolute atomic E-state index is 0.127. The maximum atomic E-state index is 11.3. The van der Waals surface area contributed by atoms with Crippen molar-refractivity contribution in [2.75, 3.05) is 0 Å². The number of hydrogen-bond donors (Lipinski definition) is 0. The predicted molar refractivity (Wildman–Crippen MR) is 55.9 cm³/mol. The normalized spacial score (nSPS) is 9.76. The van der Waals surface area contributed by atoms with Crippen molar-refractivity contribution in [3.63, 3.8) is 0 Å². The lowest BCUT2D eigenvalue weighted by molar-refractivity contribution is -0.142. The van der Waals surface area contributed by atoms with Gasteiger partial charge in [-0.1, -0.05) is 0 Å². The molecule has 0 radical (unpaired) electrons. The van der Waals surface area contributed by atoms with E-state index in [9.17, 15) is 14.4 Å². The number of ether oxygens (including phenoxy) is 2. The maximum Gasteiger partial charge on any atom is 0.303 e. The van der Waals surface area contributed by atoms with Gasteiger partial charge in [-0.2, -0.15) is 0 Å². The van der Waals surface area contributed by atoms with Crippen LogP contribution in [0.5, 0.6) is 0 Å². The third-order valence-corrected chi connectivity index (χ3v) is 1.70. The SMILES string of the molecule is CC(=O)OCc1cc(=O)cc(COC(C)=O)o1. The Balaban J connectivity index is 2.75. The van der Waals surface area contributed by atoms with Crippen LogP contribution in [0.25, 0.3) is 0 Å². The molecule has 6 heteroatoms. The number of rotatable bonds is 4. The van der Waals surface area contributed by atoms with Gasteiger partial charge in [0.25, 0.3) is 0 Å². The van der Waals surface area contributed by atoms with E-state index in [-0.39, 0.29) is 30.2 Å². The summed E-state index contributed by atoms with van der Waals surface area (Å²) in [6, 6.07) is 2.42. The minimum Gasteiger partial charge on any atom is -0.459 e. The van der Waals surface area contributed by atoms with Crippen LogP contribution in [0.4, 0.5) is 0 Å². The smallest absolute Gasteiger partial charge is 0.303 e. The fourth-order valence-electron chi connectivity index (χ4n) is 1.07. The highest BCUT2D eigenvalue weighted by Crippen LogP contribution is 2.05. The lowest BCUT2D eigenvalue weighted by Crippen LogP contribution is -2.07. The molecular weight excluding hydrogens is 228 g/mol. The molecule has 0 aliphatic rings. The summed E-state index contributed by atoms with van der Waals surface area (Å²) in [5.41, 5.74) is -0.305. The lowest BCUT2D eigenvalue weighted by Gasteiger charge is -2.04. The minimum atomic E-state index is -0.474. The summed E-state index contributed by atoms with van der Waals surface area (Å²) >= 11 is 0. The topological polar surface area (TPSA) is 82.8 Å². The van der Waals surface area contributed by atoms with E-state index in [1.807, 2.05) is 0 Å². The zero-order chi connectivity index (χ0) is 12.8. The first kappa shape index (κ1) is 13.0. The molecule has 1 aromatic heterocycles. The molecular formula is C11H12O6. The molecule has 0 spiro atoms. The average molecular weight is 240 g/mol. The van der Waals surface area contributed by atoms with Crippen molar-refractivity contribution in [1.29, 1.82) is 0 Å². The average Bonchev–Trinajstić information content (AvgIpc) is 2.23. The summed E-state index contributed by atoms with van der Waals surface area (Å²) in [6.07, 6.45) is 0. The molecule has 92 valence electrons. The van der Waals surface area contributed by atoms with Crippen molar-refractivity contribution >= 4 is 11.9 Å². The standard InChI is InChI=1S/C11H12O6/c1-7(12)15-5-10-3-9(14)4-11(17-10)6-16-8(2)13/h3-4H,5-6H2,1-2H3. The van der Waals surface area contributed by atoms with Gasteiger partial charge in [-0.3, -0.25) is 14.4 Å². The Labute approximate surface area is 97.1 Å². The molecule has 0 aromatic carbocycles. The summed E-state index contributed by atoms with van der Waals surface area (Å²) < 4.78 is 14.6. The molecule has 0 aliphatic carbocycles. The van der Waals surface area contributed by atoms with Gasteiger partial charge in [-0.25, -0.2) is 0 Å². The van der Waals surface area contributed by atoms with Crippen molar-refractivity contribution in [2.45, 2.75) is 27.1 Å². The quantitative estimate of drug-likeness (QED) is 0.723. The Bertz CT molecular complexity index is 434. The fourth-order valence-corrected chi connectivity index (χ4v) is 1.07. The first-order valence-electron chi connectivity index (χ1n) is 4.87. The Morgan fingerprint density at radius 2 is 1.47 bits per heavy atom. The summed E-state index contributed by atoms with van der Waals surface area (Å²) in [4.78, 5) is 32.4. The second-order valence-electron chi connectivity index (χ2n) is 3.29. The molecule has 0 amide bonds. The lowest BCUT2D eigenvalue weighted by atomic mass is 10.3. The molecule has 0 bridgehead atoms. The molecule has 0 saturated carbocycles. The third-order valence-electron chi connectivity index (χ3n) is 1.70. The van der Waals surface area contributed by atoms with Crippen LogP contribution in [0.3, 0.4) is 0 Å². The van der Waals surface area contributed by atoms with Crippen molar-refractivity contribution < 1.29 is 23.5 Å². The largest absolute Gasteiger partial charge is 0.459 e. The van der Waals surface area contributed by atoms with Crippen LogP contribution in [-0.4, -0.2) is 11.9 Å². The van der Waals surface area contributed by atoms with Gasteiger partial charge in [0.15, 0.2) is 5.43 Å². The number of hydrogen-bond acceptors (Lipinski definition) is 6. The van der Waals surface area contributed by atoms with Gasteiger partial charge in [0.2, 0.25) is 0 Å². The van der Waals surface area contributed by atoms with E-state index in [0.29, 0.717) is 0 Å². The monoisotopic (exact) mass is 240 g/mol. The van der Waals surface area contributed by atoms with E-state index < -0.39 is 11.9 Å². The molecule has 0 aliphatic heterocycles. The summed E-state index contributed by atoms with van der Waals surface area (Å²) in [7, 11) is 0. The zero-order valence-electron chi connectivity index (χ0n) is 9.52. The van der Waals surface area contributed by atoms with Gasteiger partial charge in [0, 0.05) is 26.0 Å².